The number of ether oxygens (including phenoxy) is 1. The van der Waals surface area contributed by atoms with Gasteiger partial charge in [-0.05, 0) is 41.8 Å². The molecular weight excluding hydrogens is 245 g/mol. The average Bonchev–Trinajstić information content (AvgIpc) is 2.43. The lowest BCUT2D eigenvalue weighted by atomic mass is 10.1. The minimum absolute atomic E-state index is 0.303. The van der Waals surface area contributed by atoms with E-state index in [2.05, 4.69) is 4.98 Å². The van der Waals surface area contributed by atoms with Crippen LogP contribution in [0.3, 0.4) is 0 Å². The first-order valence-corrected chi connectivity index (χ1v) is 5.77. The van der Waals surface area contributed by atoms with Crippen molar-refractivity contribution >= 4 is 12.2 Å². The maximum Gasteiger partial charge on any atom is 0.212 e. The van der Waals surface area contributed by atoms with Gasteiger partial charge in [-0.2, -0.15) is 0 Å². The van der Waals surface area contributed by atoms with Crippen LogP contribution in [0, 0.1) is 12.7 Å². The van der Waals surface area contributed by atoms with E-state index in [1.165, 1.54) is 6.07 Å². The van der Waals surface area contributed by atoms with E-state index in [0.717, 1.165) is 5.56 Å². The topological polar surface area (TPSA) is 42.4 Å². The summed E-state index contributed by atoms with van der Waals surface area (Å²) in [6.07, 6.45) is 5.25. The van der Waals surface area contributed by atoms with Crippen LogP contribution in [0.15, 0.2) is 30.5 Å². The molecular formula is C15H14FNO2. The molecule has 0 saturated heterocycles. The van der Waals surface area contributed by atoms with Crippen LogP contribution in [-0.2, 0) is 0 Å². The monoisotopic (exact) mass is 259 g/mol. The second-order valence-corrected chi connectivity index (χ2v) is 4.14. The van der Waals surface area contributed by atoms with E-state index in [9.17, 15) is 9.50 Å². The summed E-state index contributed by atoms with van der Waals surface area (Å²) >= 11 is 0. The fraction of sp³-hybridized carbons (Fsp3) is 0.133. The second kappa shape index (κ2) is 5.52. The van der Waals surface area contributed by atoms with E-state index in [4.69, 9.17) is 4.74 Å². The van der Waals surface area contributed by atoms with Crippen LogP contribution >= 0.6 is 0 Å². The number of phenolic OH excluding ortho intramolecular Hbond substituents is 1. The first kappa shape index (κ1) is 13.1. The molecule has 2 rings (SSSR count). The molecule has 0 fully saturated rings. The molecule has 1 heterocycles. The fourth-order valence-corrected chi connectivity index (χ4v) is 1.66. The van der Waals surface area contributed by atoms with Crippen LogP contribution in [-0.4, -0.2) is 17.2 Å². The predicted molar refractivity (Wildman–Crippen MR) is 72.5 cm³/mol. The molecule has 1 aromatic heterocycles. The summed E-state index contributed by atoms with van der Waals surface area (Å²) in [6, 6.07) is 6.61. The van der Waals surface area contributed by atoms with E-state index in [1.54, 1.807) is 38.4 Å². The third kappa shape index (κ3) is 3.10. The molecule has 0 aliphatic carbocycles. The van der Waals surface area contributed by atoms with Gasteiger partial charge in [-0.15, -0.1) is 0 Å². The van der Waals surface area contributed by atoms with Crippen molar-refractivity contribution in [1.82, 2.24) is 4.98 Å². The molecule has 19 heavy (non-hydrogen) atoms. The molecule has 0 atom stereocenters. The highest BCUT2D eigenvalue weighted by Crippen LogP contribution is 2.23. The van der Waals surface area contributed by atoms with Gasteiger partial charge in [0.15, 0.2) is 11.6 Å². The number of nitrogens with zero attached hydrogens (tertiary/aromatic N) is 1. The summed E-state index contributed by atoms with van der Waals surface area (Å²) in [7, 11) is 1.56. The van der Waals surface area contributed by atoms with Crippen molar-refractivity contribution in [2.75, 3.05) is 7.11 Å². The molecule has 3 nitrogen and oxygen atoms in total. The first-order valence-electron chi connectivity index (χ1n) is 5.77. The average molecular weight is 259 g/mol. The third-order valence-electron chi connectivity index (χ3n) is 2.71. The van der Waals surface area contributed by atoms with Crippen LogP contribution in [0.2, 0.25) is 0 Å². The summed E-state index contributed by atoms with van der Waals surface area (Å²) in [5.74, 6) is -0.376. The molecule has 2 aromatic rings. The number of pyridine rings is 1. The Morgan fingerprint density at radius 3 is 2.53 bits per heavy atom. The Morgan fingerprint density at radius 2 is 1.95 bits per heavy atom. The van der Waals surface area contributed by atoms with Gasteiger partial charge in [-0.25, -0.2) is 9.37 Å². The maximum absolute atomic E-state index is 13.4. The number of phenols is 1. The maximum atomic E-state index is 13.4. The minimum atomic E-state index is -0.618. The van der Waals surface area contributed by atoms with Gasteiger partial charge in [-0.3, -0.25) is 0 Å². The number of aromatic hydroxyl groups is 1. The number of halogens is 1. The second-order valence-electron chi connectivity index (χ2n) is 4.14. The minimum Gasteiger partial charge on any atom is -0.505 e. The van der Waals surface area contributed by atoms with E-state index >= 15 is 0 Å². The SMILES string of the molecule is COc1ccc(/C=C/c2cc(C)c(O)c(F)c2)cn1. The van der Waals surface area contributed by atoms with Crippen LogP contribution in [0.4, 0.5) is 4.39 Å². The van der Waals surface area contributed by atoms with Gasteiger partial charge in [0.05, 0.1) is 7.11 Å². The lowest BCUT2D eigenvalue weighted by molar-refractivity contribution is 0.398. The number of hydrogen-bond donors (Lipinski definition) is 1. The Hall–Kier alpha value is -2.36. The van der Waals surface area contributed by atoms with Crippen LogP contribution in [0.1, 0.15) is 16.7 Å². The van der Waals surface area contributed by atoms with Gasteiger partial charge in [0, 0.05) is 12.3 Å². The van der Waals surface area contributed by atoms with Crippen LogP contribution in [0.5, 0.6) is 11.6 Å². The number of benzene rings is 1. The quantitative estimate of drug-likeness (QED) is 0.918. The van der Waals surface area contributed by atoms with E-state index in [-0.39, 0.29) is 5.75 Å². The summed E-state index contributed by atoms with van der Waals surface area (Å²) in [5, 5.41) is 9.35. The number of aryl methyl sites for hydroxylation is 1. The molecule has 0 radical (unpaired) electrons. The van der Waals surface area contributed by atoms with E-state index < -0.39 is 5.82 Å². The van der Waals surface area contributed by atoms with Crippen LogP contribution < -0.4 is 4.74 Å². The first-order chi connectivity index (χ1) is 9.10. The van der Waals surface area contributed by atoms with Crippen LogP contribution in [0.25, 0.3) is 12.2 Å². The van der Waals surface area contributed by atoms with Crippen molar-refractivity contribution in [3.8, 4) is 11.6 Å². The normalized spacial score (nSPS) is 10.9. The van der Waals surface area contributed by atoms with Gasteiger partial charge >= 0.3 is 0 Å². The summed E-state index contributed by atoms with van der Waals surface area (Å²) in [5.41, 5.74) is 2.07. The molecule has 4 heteroatoms. The highest BCUT2D eigenvalue weighted by Gasteiger charge is 2.04. The van der Waals surface area contributed by atoms with Crippen molar-refractivity contribution in [3.63, 3.8) is 0 Å². The summed E-state index contributed by atoms with van der Waals surface area (Å²) < 4.78 is 18.3. The van der Waals surface area contributed by atoms with Gasteiger partial charge in [0.1, 0.15) is 0 Å². The Labute approximate surface area is 111 Å². The molecule has 1 N–H and O–H groups in total. The molecule has 0 aliphatic heterocycles. The molecule has 0 spiro atoms. The largest absolute Gasteiger partial charge is 0.505 e. The third-order valence-corrected chi connectivity index (χ3v) is 2.71. The van der Waals surface area contributed by atoms with Crippen molar-refractivity contribution in [3.05, 3.63) is 53.0 Å². The number of aromatic nitrogens is 1. The smallest absolute Gasteiger partial charge is 0.212 e. The molecule has 0 unspecified atom stereocenters. The highest BCUT2D eigenvalue weighted by molar-refractivity contribution is 5.70. The highest BCUT2D eigenvalue weighted by atomic mass is 19.1. The Morgan fingerprint density at radius 1 is 1.21 bits per heavy atom. The number of rotatable bonds is 3. The summed E-state index contributed by atoms with van der Waals surface area (Å²) in [4.78, 5) is 4.07. The zero-order chi connectivity index (χ0) is 13.8. The Kier molecular flexibility index (Phi) is 3.80. The molecule has 0 amide bonds. The van der Waals surface area contributed by atoms with Crippen molar-refractivity contribution in [2.45, 2.75) is 6.92 Å². The lowest BCUT2D eigenvalue weighted by Gasteiger charge is -2.02. The van der Waals surface area contributed by atoms with Gasteiger partial charge in [-0.1, -0.05) is 12.2 Å². The fourth-order valence-electron chi connectivity index (χ4n) is 1.66. The summed E-state index contributed by atoms with van der Waals surface area (Å²) in [6.45, 7) is 1.66. The van der Waals surface area contributed by atoms with Gasteiger partial charge in [0.25, 0.3) is 0 Å². The number of methoxy groups -OCH3 is 1. The van der Waals surface area contributed by atoms with Crippen molar-refractivity contribution in [2.24, 2.45) is 0 Å². The van der Waals surface area contributed by atoms with Crippen molar-refractivity contribution in [1.29, 1.82) is 0 Å². The zero-order valence-electron chi connectivity index (χ0n) is 10.7. The Bertz CT molecular complexity index is 583. The lowest BCUT2D eigenvalue weighted by Crippen LogP contribution is -1.86. The predicted octanol–water partition coefficient (Wildman–Crippen LogP) is 3.41. The molecule has 0 aliphatic rings. The zero-order valence-corrected chi connectivity index (χ0v) is 10.7. The molecule has 0 bridgehead atoms. The van der Waals surface area contributed by atoms with Gasteiger partial charge < -0.3 is 9.84 Å². The number of hydrogen-bond acceptors (Lipinski definition) is 3. The molecule has 98 valence electrons. The van der Waals surface area contributed by atoms with E-state index in [0.29, 0.717) is 17.0 Å². The Balaban J connectivity index is 2.22. The molecule has 0 saturated carbocycles. The molecule has 1 aromatic carbocycles. The van der Waals surface area contributed by atoms with Gasteiger partial charge in [0.2, 0.25) is 5.88 Å². The van der Waals surface area contributed by atoms with Crippen molar-refractivity contribution < 1.29 is 14.2 Å². The van der Waals surface area contributed by atoms with E-state index in [1.807, 2.05) is 12.1 Å². The standard InChI is InChI=1S/C15H14FNO2/c1-10-7-12(8-13(16)15(10)18)4-3-11-5-6-14(19-2)17-9-11/h3-9,18H,1-2H3/b4-3+.